The Morgan fingerprint density at radius 2 is 2.13 bits per heavy atom. The average molecular weight is 231 g/mol. The summed E-state index contributed by atoms with van der Waals surface area (Å²) in [5, 5.41) is 0. The summed E-state index contributed by atoms with van der Waals surface area (Å²) in [6.45, 7) is 4.88. The van der Waals surface area contributed by atoms with Crippen molar-refractivity contribution in [2.45, 2.75) is 19.4 Å². The second-order valence-electron chi connectivity index (χ2n) is 4.92. The second kappa shape index (κ2) is 4.30. The number of piperazine rings is 1. The highest BCUT2D eigenvalue weighted by Crippen LogP contribution is 2.39. The van der Waals surface area contributed by atoms with Gasteiger partial charge in [0.2, 0.25) is 5.91 Å². The van der Waals surface area contributed by atoms with Crippen molar-refractivity contribution >= 4 is 17.5 Å². The van der Waals surface area contributed by atoms with Crippen LogP contribution in [0.25, 0.3) is 0 Å². The Bertz CT molecular complexity index is 259. The maximum atomic E-state index is 12.1. The number of amides is 1. The van der Waals surface area contributed by atoms with Gasteiger partial charge in [0.05, 0.1) is 6.04 Å². The number of hydrogen-bond donors (Lipinski definition) is 0. The molecule has 0 aromatic rings. The van der Waals surface area contributed by atoms with Crippen molar-refractivity contribution in [3.8, 4) is 0 Å². The van der Waals surface area contributed by atoms with Crippen LogP contribution in [0.1, 0.15) is 13.3 Å². The van der Waals surface area contributed by atoms with Crippen molar-refractivity contribution in [1.82, 2.24) is 9.80 Å². The van der Waals surface area contributed by atoms with Crippen molar-refractivity contribution in [1.29, 1.82) is 0 Å². The van der Waals surface area contributed by atoms with Gasteiger partial charge in [0.1, 0.15) is 0 Å². The number of alkyl halides is 1. The molecule has 0 N–H and O–H groups in total. The molecule has 86 valence electrons. The van der Waals surface area contributed by atoms with Crippen molar-refractivity contribution < 1.29 is 4.79 Å². The van der Waals surface area contributed by atoms with Crippen LogP contribution in [0.2, 0.25) is 0 Å². The largest absolute Gasteiger partial charge is 0.336 e. The second-order valence-corrected chi connectivity index (χ2v) is 5.23. The molecule has 0 radical (unpaired) electrons. The Labute approximate surface area is 96.4 Å². The van der Waals surface area contributed by atoms with Gasteiger partial charge in [-0.25, -0.2) is 0 Å². The van der Waals surface area contributed by atoms with Crippen LogP contribution in [0.4, 0.5) is 0 Å². The van der Waals surface area contributed by atoms with Crippen LogP contribution in [0.5, 0.6) is 0 Å². The van der Waals surface area contributed by atoms with Crippen LogP contribution in [0, 0.1) is 11.8 Å². The van der Waals surface area contributed by atoms with E-state index < -0.39 is 0 Å². The Morgan fingerprint density at radius 3 is 2.67 bits per heavy atom. The molecule has 1 heterocycles. The molecule has 0 bridgehead atoms. The van der Waals surface area contributed by atoms with E-state index in [1.807, 2.05) is 4.90 Å². The predicted octanol–water partition coefficient (Wildman–Crippen LogP) is 1.02. The number of carbonyl (C=O) groups is 1. The topological polar surface area (TPSA) is 23.6 Å². The molecule has 2 fully saturated rings. The summed E-state index contributed by atoms with van der Waals surface area (Å²) in [5.41, 5.74) is 0. The van der Waals surface area contributed by atoms with Gasteiger partial charge in [0.15, 0.2) is 0 Å². The third kappa shape index (κ3) is 2.28. The third-order valence-electron chi connectivity index (χ3n) is 3.57. The highest BCUT2D eigenvalue weighted by Gasteiger charge is 2.43. The number of likely N-dealkylation sites (N-methyl/N-ethyl adjacent to an activating group) is 1. The summed E-state index contributed by atoms with van der Waals surface area (Å²) >= 11 is 5.93. The Morgan fingerprint density at radius 1 is 1.47 bits per heavy atom. The molecule has 3 atom stereocenters. The molecule has 3 nitrogen and oxygen atoms in total. The minimum Gasteiger partial charge on any atom is -0.336 e. The van der Waals surface area contributed by atoms with Crippen LogP contribution in [-0.4, -0.2) is 54.3 Å². The molecule has 2 aliphatic rings. The molecule has 1 saturated carbocycles. The normalized spacial score (nSPS) is 36.7. The molecule has 2 rings (SSSR count). The predicted molar refractivity (Wildman–Crippen MR) is 61.0 cm³/mol. The van der Waals surface area contributed by atoms with Crippen LogP contribution >= 0.6 is 11.6 Å². The highest BCUT2D eigenvalue weighted by atomic mass is 35.5. The minimum atomic E-state index is 0.214. The molecule has 4 heteroatoms. The van der Waals surface area contributed by atoms with Crippen molar-refractivity contribution in [3.05, 3.63) is 0 Å². The molecular formula is C11H19ClN2O. The zero-order chi connectivity index (χ0) is 11.0. The summed E-state index contributed by atoms with van der Waals surface area (Å²) in [5.74, 6) is 1.77. The van der Waals surface area contributed by atoms with E-state index in [0.29, 0.717) is 23.6 Å². The van der Waals surface area contributed by atoms with Gasteiger partial charge in [-0.2, -0.15) is 0 Å². The Kier molecular flexibility index (Phi) is 3.21. The third-order valence-corrected chi connectivity index (χ3v) is 3.93. The lowest BCUT2D eigenvalue weighted by molar-refractivity contribution is -0.137. The van der Waals surface area contributed by atoms with Gasteiger partial charge in [-0.3, -0.25) is 4.79 Å². The van der Waals surface area contributed by atoms with E-state index >= 15 is 0 Å². The average Bonchev–Trinajstić information content (AvgIpc) is 2.94. The van der Waals surface area contributed by atoms with E-state index in [-0.39, 0.29) is 6.04 Å². The van der Waals surface area contributed by atoms with E-state index in [1.54, 1.807) is 0 Å². The first kappa shape index (κ1) is 11.2. The first-order valence-corrected chi connectivity index (χ1v) is 6.22. The van der Waals surface area contributed by atoms with Gasteiger partial charge in [-0.15, -0.1) is 11.6 Å². The summed E-state index contributed by atoms with van der Waals surface area (Å²) in [4.78, 5) is 16.3. The monoisotopic (exact) mass is 230 g/mol. The van der Waals surface area contributed by atoms with Crippen LogP contribution in [0.15, 0.2) is 0 Å². The summed E-state index contributed by atoms with van der Waals surface area (Å²) in [6, 6.07) is 0.214. The molecule has 0 spiro atoms. The van der Waals surface area contributed by atoms with E-state index in [0.717, 1.165) is 26.1 Å². The van der Waals surface area contributed by atoms with Crippen molar-refractivity contribution in [2.24, 2.45) is 11.8 Å². The van der Waals surface area contributed by atoms with Crippen molar-refractivity contribution in [2.75, 3.05) is 32.6 Å². The lowest BCUT2D eigenvalue weighted by atomic mass is 10.1. The number of rotatable bonds is 2. The van der Waals surface area contributed by atoms with E-state index in [1.165, 1.54) is 0 Å². The Balaban J connectivity index is 1.97. The van der Waals surface area contributed by atoms with Crippen LogP contribution in [0.3, 0.4) is 0 Å². The fraction of sp³-hybridized carbons (Fsp3) is 0.909. The summed E-state index contributed by atoms with van der Waals surface area (Å²) in [7, 11) is 2.08. The van der Waals surface area contributed by atoms with Gasteiger partial charge in [0, 0.05) is 31.4 Å². The van der Waals surface area contributed by atoms with Gasteiger partial charge < -0.3 is 9.80 Å². The van der Waals surface area contributed by atoms with Crippen molar-refractivity contribution in [3.63, 3.8) is 0 Å². The van der Waals surface area contributed by atoms with E-state index in [2.05, 4.69) is 18.9 Å². The zero-order valence-corrected chi connectivity index (χ0v) is 10.2. The minimum absolute atomic E-state index is 0.214. The van der Waals surface area contributed by atoms with E-state index in [9.17, 15) is 4.79 Å². The molecule has 0 aromatic heterocycles. The number of halogens is 1. The molecule has 1 aliphatic carbocycles. The van der Waals surface area contributed by atoms with Gasteiger partial charge in [-0.1, -0.05) is 6.92 Å². The first-order valence-electron chi connectivity index (χ1n) is 5.68. The van der Waals surface area contributed by atoms with Crippen LogP contribution < -0.4 is 0 Å². The van der Waals surface area contributed by atoms with E-state index in [4.69, 9.17) is 11.6 Å². The molecule has 1 aliphatic heterocycles. The summed E-state index contributed by atoms with van der Waals surface area (Å²) in [6.07, 6.45) is 1.07. The smallest absolute Gasteiger partial charge is 0.226 e. The maximum Gasteiger partial charge on any atom is 0.226 e. The number of carbonyl (C=O) groups excluding carboxylic acids is 1. The molecular weight excluding hydrogens is 212 g/mol. The SMILES string of the molecule is CC1CC1C(=O)N1CCN(C)CC1CCl. The lowest BCUT2D eigenvalue weighted by Crippen LogP contribution is -2.55. The fourth-order valence-electron chi connectivity index (χ4n) is 2.31. The van der Waals surface area contributed by atoms with Crippen LogP contribution in [-0.2, 0) is 4.79 Å². The van der Waals surface area contributed by atoms with Gasteiger partial charge >= 0.3 is 0 Å². The lowest BCUT2D eigenvalue weighted by Gasteiger charge is -2.39. The van der Waals surface area contributed by atoms with Gasteiger partial charge in [-0.05, 0) is 19.4 Å². The number of nitrogens with zero attached hydrogens (tertiary/aromatic N) is 2. The molecule has 15 heavy (non-hydrogen) atoms. The molecule has 1 amide bonds. The zero-order valence-electron chi connectivity index (χ0n) is 9.45. The van der Waals surface area contributed by atoms with Gasteiger partial charge in [0.25, 0.3) is 0 Å². The fourth-order valence-corrected chi connectivity index (χ4v) is 2.58. The molecule has 1 saturated heterocycles. The Hall–Kier alpha value is -0.280. The standard InChI is InChI=1S/C11H19ClN2O/c1-8-5-10(8)11(15)14-4-3-13(2)7-9(14)6-12/h8-10H,3-7H2,1-2H3. The first-order chi connectivity index (χ1) is 7.13. The maximum absolute atomic E-state index is 12.1. The summed E-state index contributed by atoms with van der Waals surface area (Å²) < 4.78 is 0. The highest BCUT2D eigenvalue weighted by molar-refractivity contribution is 6.18. The molecule has 3 unspecified atom stereocenters. The number of hydrogen-bond acceptors (Lipinski definition) is 2. The quantitative estimate of drug-likeness (QED) is 0.662. The molecule has 0 aromatic carbocycles.